The largest absolute Gasteiger partial charge is 0.349 e. The molecule has 0 bridgehead atoms. The molecule has 2 heterocycles. The molecule has 1 saturated carbocycles. The molecule has 3 aromatic rings. The fourth-order valence-corrected chi connectivity index (χ4v) is 3.92. The number of hydrogen-bond acceptors (Lipinski definition) is 3. The molecule has 1 aromatic carbocycles. The van der Waals surface area contributed by atoms with E-state index in [1.165, 1.54) is 6.42 Å². The summed E-state index contributed by atoms with van der Waals surface area (Å²) in [4.78, 5) is 30.4. The van der Waals surface area contributed by atoms with Gasteiger partial charge in [-0.1, -0.05) is 43.0 Å². The number of rotatable bonds is 4. The molecule has 0 radical (unpaired) electrons. The lowest BCUT2D eigenvalue weighted by Crippen LogP contribution is -2.40. The summed E-state index contributed by atoms with van der Waals surface area (Å²) in [5, 5.41) is 4.46. The summed E-state index contributed by atoms with van der Waals surface area (Å²) in [7, 11) is 0. The van der Waals surface area contributed by atoms with Gasteiger partial charge in [0.2, 0.25) is 0 Å². The summed E-state index contributed by atoms with van der Waals surface area (Å²) in [6, 6.07) is 12.8. The molecular formula is C22H22ClN3O2. The fourth-order valence-electron chi connectivity index (χ4n) is 3.80. The highest BCUT2D eigenvalue weighted by Gasteiger charge is 2.21. The highest BCUT2D eigenvalue weighted by molar-refractivity contribution is 6.30. The van der Waals surface area contributed by atoms with Crippen LogP contribution in [0.4, 0.5) is 0 Å². The van der Waals surface area contributed by atoms with E-state index in [4.69, 9.17) is 11.6 Å². The number of halogens is 1. The molecule has 28 heavy (non-hydrogen) atoms. The van der Waals surface area contributed by atoms with Gasteiger partial charge >= 0.3 is 0 Å². The van der Waals surface area contributed by atoms with Crippen molar-refractivity contribution in [2.45, 2.75) is 44.7 Å². The van der Waals surface area contributed by atoms with E-state index in [1.54, 1.807) is 29.0 Å². The minimum absolute atomic E-state index is 0.148. The van der Waals surface area contributed by atoms with Gasteiger partial charge in [-0.3, -0.25) is 14.2 Å². The van der Waals surface area contributed by atoms with Crippen LogP contribution in [0.2, 0.25) is 5.02 Å². The Morgan fingerprint density at radius 2 is 1.89 bits per heavy atom. The number of pyridine rings is 2. The second-order valence-corrected chi connectivity index (χ2v) is 7.74. The smallest absolute Gasteiger partial charge is 0.265 e. The van der Waals surface area contributed by atoms with Crippen LogP contribution in [0.15, 0.2) is 53.5 Å². The Hall–Kier alpha value is -2.66. The number of amides is 1. The first-order valence-corrected chi connectivity index (χ1v) is 10.0. The number of carbonyl (C=O) groups is 1. The van der Waals surface area contributed by atoms with Gasteiger partial charge in [-0.2, -0.15) is 0 Å². The van der Waals surface area contributed by atoms with Crippen LogP contribution in [0.1, 0.15) is 48.0 Å². The molecule has 6 heteroatoms. The number of aromatic nitrogens is 2. The predicted molar refractivity (Wildman–Crippen MR) is 111 cm³/mol. The lowest BCUT2D eigenvalue weighted by Gasteiger charge is -2.23. The Morgan fingerprint density at radius 1 is 1.14 bits per heavy atom. The van der Waals surface area contributed by atoms with E-state index < -0.39 is 0 Å². The third-order valence-electron chi connectivity index (χ3n) is 5.29. The van der Waals surface area contributed by atoms with Crippen molar-refractivity contribution in [2.24, 2.45) is 0 Å². The third-order valence-corrected chi connectivity index (χ3v) is 5.54. The molecule has 4 rings (SSSR count). The van der Waals surface area contributed by atoms with Gasteiger partial charge in [0, 0.05) is 22.6 Å². The molecular weight excluding hydrogens is 374 g/mol. The summed E-state index contributed by atoms with van der Waals surface area (Å²) in [6.07, 6.45) is 7.05. The van der Waals surface area contributed by atoms with E-state index in [1.807, 2.05) is 24.3 Å². The van der Waals surface area contributed by atoms with Crippen LogP contribution in [0, 0.1) is 0 Å². The third kappa shape index (κ3) is 3.94. The number of carbonyl (C=O) groups excluding carboxylic acids is 1. The van der Waals surface area contributed by atoms with Crippen molar-refractivity contribution in [3.8, 4) is 0 Å². The van der Waals surface area contributed by atoms with Crippen molar-refractivity contribution in [3.63, 3.8) is 0 Å². The summed E-state index contributed by atoms with van der Waals surface area (Å²) in [6.45, 7) is 0.327. The summed E-state index contributed by atoms with van der Waals surface area (Å²) in [5.74, 6) is -0.299. The van der Waals surface area contributed by atoms with Crippen LogP contribution in [0.5, 0.6) is 0 Å². The Kier molecular flexibility index (Phi) is 5.44. The van der Waals surface area contributed by atoms with E-state index in [-0.39, 0.29) is 23.1 Å². The van der Waals surface area contributed by atoms with Crippen molar-refractivity contribution >= 4 is 28.5 Å². The lowest BCUT2D eigenvalue weighted by molar-refractivity contribution is 0.0926. The molecule has 1 amide bonds. The van der Waals surface area contributed by atoms with E-state index >= 15 is 0 Å². The average Bonchev–Trinajstić information content (AvgIpc) is 2.72. The number of nitrogens with one attached hydrogen (secondary N) is 1. The highest BCUT2D eigenvalue weighted by Crippen LogP contribution is 2.19. The second-order valence-electron chi connectivity index (χ2n) is 7.30. The quantitative estimate of drug-likeness (QED) is 0.721. The zero-order valence-corrected chi connectivity index (χ0v) is 16.3. The molecule has 0 spiro atoms. The molecule has 0 unspecified atom stereocenters. The minimum Gasteiger partial charge on any atom is -0.349 e. The van der Waals surface area contributed by atoms with Crippen LogP contribution in [0.3, 0.4) is 0 Å². The van der Waals surface area contributed by atoms with E-state index in [0.29, 0.717) is 17.2 Å². The van der Waals surface area contributed by atoms with Crippen LogP contribution < -0.4 is 10.9 Å². The molecule has 1 aliphatic carbocycles. The molecule has 144 valence electrons. The Morgan fingerprint density at radius 3 is 2.64 bits per heavy atom. The van der Waals surface area contributed by atoms with Crippen molar-refractivity contribution in [2.75, 3.05) is 0 Å². The summed E-state index contributed by atoms with van der Waals surface area (Å²) in [5.41, 5.74) is 1.33. The average molecular weight is 396 g/mol. The van der Waals surface area contributed by atoms with Gasteiger partial charge in [0.25, 0.3) is 11.5 Å². The van der Waals surface area contributed by atoms with E-state index in [9.17, 15) is 9.59 Å². The second kappa shape index (κ2) is 8.15. The monoisotopic (exact) mass is 395 g/mol. The maximum absolute atomic E-state index is 13.2. The van der Waals surface area contributed by atoms with Gasteiger partial charge in [-0.15, -0.1) is 0 Å². The lowest BCUT2D eigenvalue weighted by atomic mass is 9.95. The molecule has 1 fully saturated rings. The zero-order valence-electron chi connectivity index (χ0n) is 15.5. The Labute approximate surface area is 168 Å². The molecule has 0 saturated heterocycles. The van der Waals surface area contributed by atoms with Crippen molar-refractivity contribution in [1.29, 1.82) is 0 Å². The normalized spacial score (nSPS) is 14.9. The maximum atomic E-state index is 13.2. The standard InChI is InChI=1S/C22H22ClN3O2/c23-17-10-8-15(9-11-17)14-26-20-16(5-4-12-24-20)13-19(22(26)28)21(27)25-18-6-2-1-3-7-18/h4-5,8-13,18H,1-3,6-7,14H2,(H,25,27). The van der Waals surface area contributed by atoms with Crippen LogP contribution in [-0.4, -0.2) is 21.5 Å². The minimum atomic E-state index is -0.325. The molecule has 0 atom stereocenters. The fraction of sp³-hybridized carbons (Fsp3) is 0.318. The number of benzene rings is 1. The predicted octanol–water partition coefficient (Wildman–Crippen LogP) is 4.16. The van der Waals surface area contributed by atoms with E-state index in [0.717, 1.165) is 36.6 Å². The van der Waals surface area contributed by atoms with Gasteiger partial charge in [0.05, 0.1) is 6.54 Å². The van der Waals surface area contributed by atoms with Crippen LogP contribution >= 0.6 is 11.6 Å². The van der Waals surface area contributed by atoms with Crippen LogP contribution in [0.25, 0.3) is 11.0 Å². The highest BCUT2D eigenvalue weighted by atomic mass is 35.5. The molecule has 5 nitrogen and oxygen atoms in total. The Bertz CT molecular complexity index is 1050. The van der Waals surface area contributed by atoms with Crippen molar-refractivity contribution < 1.29 is 4.79 Å². The Balaban J connectivity index is 1.73. The molecule has 1 N–H and O–H groups in total. The van der Waals surface area contributed by atoms with Gasteiger partial charge in [0.15, 0.2) is 0 Å². The first kappa shape index (κ1) is 18.7. The summed E-state index contributed by atoms with van der Waals surface area (Å²) >= 11 is 5.97. The number of nitrogens with zero attached hydrogens (tertiary/aromatic N) is 2. The van der Waals surface area contributed by atoms with Gasteiger partial charge < -0.3 is 5.32 Å². The van der Waals surface area contributed by atoms with Gasteiger partial charge in [-0.05, 0) is 48.7 Å². The molecule has 2 aromatic heterocycles. The van der Waals surface area contributed by atoms with Crippen molar-refractivity contribution in [1.82, 2.24) is 14.9 Å². The number of fused-ring (bicyclic) bond motifs is 1. The maximum Gasteiger partial charge on any atom is 0.265 e. The molecule has 1 aliphatic rings. The summed E-state index contributed by atoms with van der Waals surface area (Å²) < 4.78 is 1.56. The zero-order chi connectivity index (χ0) is 19.5. The van der Waals surface area contributed by atoms with Crippen LogP contribution in [-0.2, 0) is 6.54 Å². The first-order chi connectivity index (χ1) is 13.6. The molecule has 0 aliphatic heterocycles. The SMILES string of the molecule is O=C(NC1CCCCC1)c1cc2cccnc2n(Cc2ccc(Cl)cc2)c1=O. The van der Waals surface area contributed by atoms with Gasteiger partial charge in [0.1, 0.15) is 11.2 Å². The van der Waals surface area contributed by atoms with Crippen molar-refractivity contribution in [3.05, 3.63) is 75.2 Å². The first-order valence-electron chi connectivity index (χ1n) is 9.66. The van der Waals surface area contributed by atoms with E-state index in [2.05, 4.69) is 10.3 Å². The number of hydrogen-bond donors (Lipinski definition) is 1. The topological polar surface area (TPSA) is 64.0 Å². The van der Waals surface area contributed by atoms with Gasteiger partial charge in [-0.25, -0.2) is 4.98 Å².